The predicted molar refractivity (Wildman–Crippen MR) is 79.9 cm³/mol. The van der Waals surface area contributed by atoms with Crippen LogP contribution in [0.2, 0.25) is 0 Å². The van der Waals surface area contributed by atoms with Gasteiger partial charge in [-0.2, -0.15) is 0 Å². The van der Waals surface area contributed by atoms with Gasteiger partial charge in [-0.05, 0) is 57.3 Å². The van der Waals surface area contributed by atoms with Crippen LogP contribution in [0.3, 0.4) is 0 Å². The quantitative estimate of drug-likeness (QED) is 0.396. The number of esters is 1. The van der Waals surface area contributed by atoms with Crippen LogP contribution in [0.1, 0.15) is 59.8 Å². The van der Waals surface area contributed by atoms with Crippen LogP contribution in [-0.2, 0) is 9.53 Å². The predicted octanol–water partition coefficient (Wildman–Crippen LogP) is 4.66. The van der Waals surface area contributed by atoms with Gasteiger partial charge in [0.2, 0.25) is 0 Å². The third-order valence-corrected chi connectivity index (χ3v) is 4.92. The first-order chi connectivity index (χ1) is 8.82. The van der Waals surface area contributed by atoms with Crippen molar-refractivity contribution in [3.05, 3.63) is 24.8 Å². The van der Waals surface area contributed by atoms with Crippen molar-refractivity contribution in [3.63, 3.8) is 0 Å². The third-order valence-electron chi connectivity index (χ3n) is 4.92. The van der Waals surface area contributed by atoms with Crippen LogP contribution >= 0.6 is 0 Å². The summed E-state index contributed by atoms with van der Waals surface area (Å²) in [5.41, 5.74) is 0.331. The number of carbonyl (C=O) groups excluding carboxylic acids is 1. The molecule has 0 saturated heterocycles. The molecule has 0 aromatic rings. The van der Waals surface area contributed by atoms with Crippen molar-refractivity contribution in [2.75, 3.05) is 0 Å². The van der Waals surface area contributed by atoms with Crippen LogP contribution in [-0.4, -0.2) is 11.6 Å². The summed E-state index contributed by atoms with van der Waals surface area (Å²) in [5.74, 6) is 0.295. The Morgan fingerprint density at radius 1 is 1.47 bits per heavy atom. The van der Waals surface area contributed by atoms with E-state index in [9.17, 15) is 4.79 Å². The summed E-state index contributed by atoms with van der Waals surface area (Å²) in [5, 5.41) is 0. The molecule has 0 aromatic heterocycles. The fourth-order valence-corrected chi connectivity index (χ4v) is 3.38. The zero-order valence-corrected chi connectivity index (χ0v) is 12.9. The second kappa shape index (κ2) is 5.94. The molecule has 1 aliphatic carbocycles. The van der Waals surface area contributed by atoms with E-state index in [1.165, 1.54) is 0 Å². The van der Waals surface area contributed by atoms with E-state index in [4.69, 9.17) is 4.74 Å². The van der Waals surface area contributed by atoms with Gasteiger partial charge in [0.15, 0.2) is 0 Å². The minimum absolute atomic E-state index is 0.188. The van der Waals surface area contributed by atoms with E-state index in [1.807, 2.05) is 6.92 Å². The summed E-state index contributed by atoms with van der Waals surface area (Å²) in [4.78, 5) is 11.7. The van der Waals surface area contributed by atoms with Crippen molar-refractivity contribution < 1.29 is 9.53 Å². The van der Waals surface area contributed by atoms with Crippen LogP contribution in [0.15, 0.2) is 24.8 Å². The smallest absolute Gasteiger partial charge is 0.333 e. The molecule has 1 aliphatic rings. The minimum atomic E-state index is -0.334. The van der Waals surface area contributed by atoms with Crippen molar-refractivity contribution >= 4 is 5.97 Å². The van der Waals surface area contributed by atoms with Gasteiger partial charge in [0.05, 0.1) is 0 Å². The highest BCUT2D eigenvalue weighted by atomic mass is 16.6. The number of ether oxygens (including phenoxy) is 1. The zero-order valence-electron chi connectivity index (χ0n) is 12.9. The van der Waals surface area contributed by atoms with Crippen molar-refractivity contribution in [1.29, 1.82) is 0 Å². The maximum absolute atomic E-state index is 11.7. The van der Waals surface area contributed by atoms with Crippen LogP contribution < -0.4 is 0 Å². The molecule has 0 bridgehead atoms. The van der Waals surface area contributed by atoms with Crippen molar-refractivity contribution in [2.24, 2.45) is 11.3 Å². The molecule has 0 amide bonds. The molecular weight excluding hydrogens is 236 g/mol. The van der Waals surface area contributed by atoms with Gasteiger partial charge < -0.3 is 4.74 Å². The van der Waals surface area contributed by atoms with E-state index in [0.29, 0.717) is 11.5 Å². The molecule has 108 valence electrons. The number of allylic oxidation sites excluding steroid dienone is 1. The summed E-state index contributed by atoms with van der Waals surface area (Å²) < 4.78 is 5.65. The van der Waals surface area contributed by atoms with Gasteiger partial charge in [0, 0.05) is 5.57 Å². The minimum Gasteiger partial charge on any atom is -0.456 e. The number of rotatable bonds is 6. The highest BCUT2D eigenvalue weighted by Crippen LogP contribution is 2.50. The topological polar surface area (TPSA) is 26.3 Å². The van der Waals surface area contributed by atoms with Gasteiger partial charge in [0.1, 0.15) is 5.60 Å². The first-order valence-electron chi connectivity index (χ1n) is 7.35. The second-order valence-electron chi connectivity index (χ2n) is 6.20. The van der Waals surface area contributed by atoms with E-state index < -0.39 is 0 Å². The fourth-order valence-electron chi connectivity index (χ4n) is 3.38. The molecule has 0 N–H and O–H groups in total. The highest BCUT2D eigenvalue weighted by Gasteiger charge is 2.45. The molecule has 19 heavy (non-hydrogen) atoms. The van der Waals surface area contributed by atoms with Gasteiger partial charge in [-0.1, -0.05) is 26.5 Å². The van der Waals surface area contributed by atoms with Gasteiger partial charge >= 0.3 is 5.97 Å². The van der Waals surface area contributed by atoms with Crippen LogP contribution in [0.25, 0.3) is 0 Å². The van der Waals surface area contributed by atoms with Crippen molar-refractivity contribution in [3.8, 4) is 0 Å². The van der Waals surface area contributed by atoms with Gasteiger partial charge in [-0.25, -0.2) is 4.79 Å². The number of hydrogen-bond donors (Lipinski definition) is 0. The molecule has 2 heteroatoms. The lowest BCUT2D eigenvalue weighted by Gasteiger charge is -2.36. The fraction of sp³-hybridized carbons (Fsp3) is 0.706. The van der Waals surface area contributed by atoms with E-state index >= 15 is 0 Å². The molecule has 2 nitrogen and oxygen atoms in total. The Bertz CT molecular complexity index is 365. The number of hydrogen-bond acceptors (Lipinski definition) is 2. The van der Waals surface area contributed by atoms with Gasteiger partial charge in [0.25, 0.3) is 0 Å². The molecule has 0 radical (unpaired) electrons. The Morgan fingerprint density at radius 3 is 2.47 bits per heavy atom. The average Bonchev–Trinajstić information content (AvgIpc) is 2.75. The molecule has 1 rings (SSSR count). The third kappa shape index (κ3) is 3.29. The normalized spacial score (nSPS) is 27.1. The molecule has 0 aliphatic heterocycles. The molecular formula is C17H28O2. The molecule has 0 aromatic carbocycles. The number of carbonyl (C=O) groups is 1. The standard InChI is InChI=1S/C17H28O2/c1-7-17(8-2,9-3)14-10-11-16(6,12-14)19-15(18)13(4)5/h7,14H,1,4,8-12H2,2-3,5-6H3. The largest absolute Gasteiger partial charge is 0.456 e. The van der Waals surface area contributed by atoms with Crippen LogP contribution in [0.4, 0.5) is 0 Å². The SMILES string of the molecule is C=CC(CC)(CC)C1CCC(C)(OC(=O)C(=C)C)C1. The Kier molecular flexibility index (Phi) is 5.00. The lowest BCUT2D eigenvalue weighted by molar-refractivity contribution is -0.152. The van der Waals surface area contributed by atoms with E-state index in [0.717, 1.165) is 32.1 Å². The maximum atomic E-state index is 11.7. The molecule has 0 heterocycles. The summed E-state index contributed by atoms with van der Waals surface area (Å²) in [6.07, 6.45) is 7.29. The monoisotopic (exact) mass is 264 g/mol. The Hall–Kier alpha value is -1.05. The van der Waals surface area contributed by atoms with Crippen molar-refractivity contribution in [1.82, 2.24) is 0 Å². The maximum Gasteiger partial charge on any atom is 0.333 e. The van der Waals surface area contributed by atoms with Gasteiger partial charge in [-0.15, -0.1) is 6.58 Å². The van der Waals surface area contributed by atoms with Crippen LogP contribution in [0.5, 0.6) is 0 Å². The average molecular weight is 264 g/mol. The lowest BCUT2D eigenvalue weighted by Crippen LogP contribution is -2.32. The van der Waals surface area contributed by atoms with E-state index in [-0.39, 0.29) is 17.0 Å². The zero-order chi connectivity index (χ0) is 14.7. The molecule has 2 unspecified atom stereocenters. The molecule has 1 saturated carbocycles. The first-order valence-corrected chi connectivity index (χ1v) is 7.35. The molecule has 0 spiro atoms. The van der Waals surface area contributed by atoms with E-state index in [2.05, 4.69) is 33.1 Å². The van der Waals surface area contributed by atoms with Gasteiger partial charge in [-0.3, -0.25) is 0 Å². The Labute approximate surface area is 117 Å². The van der Waals surface area contributed by atoms with Crippen LogP contribution in [0, 0.1) is 11.3 Å². The summed E-state index contributed by atoms with van der Waals surface area (Å²) in [7, 11) is 0. The van der Waals surface area contributed by atoms with Crippen molar-refractivity contribution in [2.45, 2.75) is 65.4 Å². The summed E-state index contributed by atoms with van der Waals surface area (Å²) in [6, 6.07) is 0. The Morgan fingerprint density at radius 2 is 2.05 bits per heavy atom. The van der Waals surface area contributed by atoms with E-state index in [1.54, 1.807) is 6.92 Å². The molecule has 1 fully saturated rings. The first kappa shape index (κ1) is 16.0. The second-order valence-corrected chi connectivity index (χ2v) is 6.20. The molecule has 2 atom stereocenters. The summed E-state index contributed by atoms with van der Waals surface area (Å²) >= 11 is 0. The lowest BCUT2D eigenvalue weighted by atomic mass is 9.70. The summed E-state index contributed by atoms with van der Waals surface area (Å²) in [6.45, 7) is 15.9. The highest BCUT2D eigenvalue weighted by molar-refractivity contribution is 5.87. The Balaban J connectivity index is 2.79.